The number of para-hydroxylation sites is 1. The molecule has 0 unspecified atom stereocenters. The summed E-state index contributed by atoms with van der Waals surface area (Å²) in [5, 5.41) is 10.6. The number of nitrogens with one attached hydrogen (secondary N) is 1. The topological polar surface area (TPSA) is 80.8 Å². The Kier molecular flexibility index (Phi) is 4.95. The van der Waals surface area contributed by atoms with E-state index in [2.05, 4.69) is 4.98 Å². The molecule has 0 saturated carbocycles. The standard InChI is InChI=1S/C19H18ClNO5/c1-24-14-9-16(26-3)15(25-2)7-12(14)18-11(8-17(22)23)10-5-4-6-13(20)19(10)21-18/h4-7,9,21H,8H2,1-3H3,(H,22,23). The van der Waals surface area contributed by atoms with Crippen molar-refractivity contribution < 1.29 is 24.1 Å². The summed E-state index contributed by atoms with van der Waals surface area (Å²) < 4.78 is 16.2. The molecular weight excluding hydrogens is 358 g/mol. The van der Waals surface area contributed by atoms with Crippen molar-refractivity contribution in [2.75, 3.05) is 21.3 Å². The lowest BCUT2D eigenvalue weighted by Crippen LogP contribution is -2.02. The summed E-state index contributed by atoms with van der Waals surface area (Å²) in [5.74, 6) is 0.611. The first-order chi connectivity index (χ1) is 12.5. The maximum absolute atomic E-state index is 11.4. The smallest absolute Gasteiger partial charge is 0.307 e. The first-order valence-corrected chi connectivity index (χ1v) is 8.19. The van der Waals surface area contributed by atoms with E-state index < -0.39 is 5.97 Å². The molecule has 6 nitrogen and oxygen atoms in total. The maximum atomic E-state index is 11.4. The Morgan fingerprint density at radius 2 is 1.73 bits per heavy atom. The highest BCUT2D eigenvalue weighted by molar-refractivity contribution is 6.35. The molecule has 0 radical (unpaired) electrons. The highest BCUT2D eigenvalue weighted by atomic mass is 35.5. The van der Waals surface area contributed by atoms with Gasteiger partial charge in [0.15, 0.2) is 11.5 Å². The zero-order chi connectivity index (χ0) is 18.8. The predicted molar refractivity (Wildman–Crippen MR) is 99.7 cm³/mol. The van der Waals surface area contributed by atoms with Gasteiger partial charge in [-0.15, -0.1) is 0 Å². The van der Waals surface area contributed by atoms with E-state index in [0.717, 1.165) is 5.39 Å². The molecule has 0 bridgehead atoms. The molecule has 26 heavy (non-hydrogen) atoms. The average molecular weight is 376 g/mol. The van der Waals surface area contributed by atoms with Gasteiger partial charge in [-0.2, -0.15) is 0 Å². The molecule has 1 aromatic heterocycles. The molecule has 0 aliphatic rings. The minimum absolute atomic E-state index is 0.160. The third-order valence-corrected chi connectivity index (χ3v) is 4.51. The van der Waals surface area contributed by atoms with Crippen molar-refractivity contribution in [3.8, 4) is 28.5 Å². The summed E-state index contributed by atoms with van der Waals surface area (Å²) in [5.41, 5.74) is 2.58. The van der Waals surface area contributed by atoms with Crippen LogP contribution in [0.4, 0.5) is 0 Å². The van der Waals surface area contributed by atoms with Crippen molar-refractivity contribution >= 4 is 28.5 Å². The van der Waals surface area contributed by atoms with E-state index in [9.17, 15) is 9.90 Å². The Hall–Kier alpha value is -2.86. The Balaban J connectivity index is 2.34. The van der Waals surface area contributed by atoms with Crippen LogP contribution < -0.4 is 14.2 Å². The second kappa shape index (κ2) is 7.17. The number of rotatable bonds is 6. The van der Waals surface area contributed by atoms with Crippen LogP contribution in [0, 0.1) is 0 Å². The number of carbonyl (C=O) groups is 1. The van der Waals surface area contributed by atoms with Gasteiger partial charge in [0.25, 0.3) is 0 Å². The molecular formula is C19H18ClNO5. The Morgan fingerprint density at radius 1 is 1.08 bits per heavy atom. The molecule has 3 rings (SSSR count). The van der Waals surface area contributed by atoms with Crippen molar-refractivity contribution in [2.45, 2.75) is 6.42 Å². The number of aliphatic carboxylic acids is 1. The summed E-state index contributed by atoms with van der Waals surface area (Å²) >= 11 is 6.29. The predicted octanol–water partition coefficient (Wildman–Crippen LogP) is 4.14. The van der Waals surface area contributed by atoms with E-state index in [-0.39, 0.29) is 6.42 Å². The molecule has 0 amide bonds. The lowest BCUT2D eigenvalue weighted by molar-refractivity contribution is -0.136. The highest BCUT2D eigenvalue weighted by Crippen LogP contribution is 2.43. The fourth-order valence-electron chi connectivity index (χ4n) is 3.03. The summed E-state index contributed by atoms with van der Waals surface area (Å²) in [4.78, 5) is 14.7. The van der Waals surface area contributed by atoms with Gasteiger partial charge < -0.3 is 24.3 Å². The molecule has 3 aromatic rings. The highest BCUT2D eigenvalue weighted by Gasteiger charge is 2.22. The second-order valence-electron chi connectivity index (χ2n) is 5.62. The Morgan fingerprint density at radius 3 is 2.35 bits per heavy atom. The van der Waals surface area contributed by atoms with Gasteiger partial charge in [0.1, 0.15) is 5.75 Å². The van der Waals surface area contributed by atoms with Crippen LogP contribution in [-0.4, -0.2) is 37.4 Å². The van der Waals surface area contributed by atoms with E-state index in [1.54, 1.807) is 24.3 Å². The van der Waals surface area contributed by atoms with Gasteiger partial charge in [0.2, 0.25) is 0 Å². The largest absolute Gasteiger partial charge is 0.496 e. The normalized spacial score (nSPS) is 10.8. The number of carboxylic acid groups (broad SMARTS) is 1. The van der Waals surface area contributed by atoms with Crippen LogP contribution in [0.25, 0.3) is 22.2 Å². The molecule has 0 fully saturated rings. The van der Waals surface area contributed by atoms with Crippen LogP contribution in [0.3, 0.4) is 0 Å². The second-order valence-corrected chi connectivity index (χ2v) is 6.03. The quantitative estimate of drug-likeness (QED) is 0.676. The zero-order valence-electron chi connectivity index (χ0n) is 14.6. The number of ether oxygens (including phenoxy) is 3. The monoisotopic (exact) mass is 375 g/mol. The molecule has 2 aromatic carbocycles. The minimum atomic E-state index is -0.938. The van der Waals surface area contributed by atoms with Crippen molar-refractivity contribution in [1.82, 2.24) is 4.98 Å². The first-order valence-electron chi connectivity index (χ1n) is 7.81. The van der Waals surface area contributed by atoms with Crippen LogP contribution >= 0.6 is 11.6 Å². The van der Waals surface area contributed by atoms with Crippen LogP contribution in [0.1, 0.15) is 5.56 Å². The van der Waals surface area contributed by atoms with Gasteiger partial charge in [-0.05, 0) is 17.7 Å². The Labute approximate surface area is 155 Å². The molecule has 0 aliphatic heterocycles. The molecule has 7 heteroatoms. The number of methoxy groups -OCH3 is 3. The van der Waals surface area contributed by atoms with Gasteiger partial charge in [0.05, 0.1) is 44.0 Å². The molecule has 0 saturated heterocycles. The lowest BCUT2D eigenvalue weighted by Gasteiger charge is -2.14. The van der Waals surface area contributed by atoms with E-state index in [0.29, 0.717) is 44.6 Å². The van der Waals surface area contributed by atoms with Crippen LogP contribution in [0.5, 0.6) is 17.2 Å². The van der Waals surface area contributed by atoms with E-state index in [1.807, 2.05) is 6.07 Å². The fraction of sp³-hybridized carbons (Fsp3) is 0.211. The summed E-state index contributed by atoms with van der Waals surface area (Å²) in [6.07, 6.45) is -0.160. The molecule has 1 heterocycles. The van der Waals surface area contributed by atoms with Gasteiger partial charge in [-0.25, -0.2) is 0 Å². The molecule has 0 spiro atoms. The number of H-pyrrole nitrogens is 1. The molecule has 136 valence electrons. The van der Waals surface area contributed by atoms with Crippen molar-refractivity contribution in [3.63, 3.8) is 0 Å². The molecule has 0 aliphatic carbocycles. The van der Waals surface area contributed by atoms with Gasteiger partial charge in [0, 0.05) is 17.0 Å². The van der Waals surface area contributed by atoms with Crippen LogP contribution in [0.15, 0.2) is 30.3 Å². The number of fused-ring (bicyclic) bond motifs is 1. The number of hydrogen-bond donors (Lipinski definition) is 2. The number of benzene rings is 2. The third kappa shape index (κ3) is 3.04. The summed E-state index contributed by atoms with van der Waals surface area (Å²) in [6, 6.07) is 8.83. The summed E-state index contributed by atoms with van der Waals surface area (Å²) in [7, 11) is 4.61. The average Bonchev–Trinajstić information content (AvgIpc) is 2.99. The SMILES string of the molecule is COc1cc(OC)c(-c2[nH]c3c(Cl)cccc3c2CC(=O)O)cc1OC. The van der Waals surface area contributed by atoms with Gasteiger partial charge in [-0.3, -0.25) is 4.79 Å². The zero-order valence-corrected chi connectivity index (χ0v) is 15.3. The van der Waals surface area contributed by atoms with Crippen LogP contribution in [0.2, 0.25) is 5.02 Å². The van der Waals surface area contributed by atoms with Gasteiger partial charge in [-0.1, -0.05) is 23.7 Å². The first kappa shape index (κ1) is 17.9. The summed E-state index contributed by atoms with van der Waals surface area (Å²) in [6.45, 7) is 0. The molecule has 2 N–H and O–H groups in total. The van der Waals surface area contributed by atoms with Crippen molar-refractivity contribution in [2.24, 2.45) is 0 Å². The third-order valence-electron chi connectivity index (χ3n) is 4.19. The fourth-order valence-corrected chi connectivity index (χ4v) is 3.25. The minimum Gasteiger partial charge on any atom is -0.496 e. The number of aromatic nitrogens is 1. The maximum Gasteiger partial charge on any atom is 0.307 e. The van der Waals surface area contributed by atoms with E-state index in [1.165, 1.54) is 21.3 Å². The number of carboxylic acids is 1. The van der Waals surface area contributed by atoms with Crippen molar-refractivity contribution in [1.29, 1.82) is 0 Å². The molecule has 0 atom stereocenters. The van der Waals surface area contributed by atoms with Gasteiger partial charge >= 0.3 is 5.97 Å². The van der Waals surface area contributed by atoms with Crippen molar-refractivity contribution in [3.05, 3.63) is 40.9 Å². The number of hydrogen-bond acceptors (Lipinski definition) is 4. The van der Waals surface area contributed by atoms with E-state index in [4.69, 9.17) is 25.8 Å². The van der Waals surface area contributed by atoms with Crippen LogP contribution in [-0.2, 0) is 11.2 Å². The Bertz CT molecular complexity index is 980. The van der Waals surface area contributed by atoms with E-state index >= 15 is 0 Å². The number of aromatic amines is 1. The number of halogens is 1. The lowest BCUT2D eigenvalue weighted by atomic mass is 10.0.